The van der Waals surface area contributed by atoms with E-state index < -0.39 is 4.81 Å². The van der Waals surface area contributed by atoms with Crippen molar-refractivity contribution in [3.63, 3.8) is 0 Å². The average molecular weight is 123 g/mol. The zero-order valence-electron chi connectivity index (χ0n) is 5.20. The van der Waals surface area contributed by atoms with Gasteiger partial charge in [-0.25, -0.2) is 0 Å². The Morgan fingerprint density at radius 2 is 1.75 bits per heavy atom. The largest absolute Gasteiger partial charge is 0.870 e. The fourth-order valence-electron chi connectivity index (χ4n) is 0.424. The van der Waals surface area contributed by atoms with Gasteiger partial charge in [0.15, 0.2) is 0 Å². The van der Waals surface area contributed by atoms with Crippen molar-refractivity contribution in [2.24, 2.45) is 0 Å². The van der Waals surface area contributed by atoms with Crippen LogP contribution in [0.5, 0.6) is 0 Å². The SMILES string of the molecule is CCC[N+](C)(O)O.[OH-]. The molecule has 0 aliphatic carbocycles. The highest BCUT2D eigenvalue weighted by atomic mass is 16.8. The Labute approximate surface area is 48.8 Å². The summed E-state index contributed by atoms with van der Waals surface area (Å²) in [6.07, 6.45) is 0.781. The van der Waals surface area contributed by atoms with Crippen LogP contribution in [0.25, 0.3) is 0 Å². The third kappa shape index (κ3) is 9.28. The first-order valence-electron chi connectivity index (χ1n) is 2.37. The van der Waals surface area contributed by atoms with Crippen molar-refractivity contribution in [1.29, 1.82) is 0 Å². The molecule has 4 nitrogen and oxygen atoms in total. The second-order valence-electron chi connectivity index (χ2n) is 1.81. The number of nitrogens with zero attached hydrogens (tertiary/aromatic N) is 1. The minimum absolute atomic E-state index is 0. The zero-order valence-corrected chi connectivity index (χ0v) is 5.20. The molecule has 0 rings (SSSR count). The lowest BCUT2D eigenvalue weighted by molar-refractivity contribution is -1.23. The molecule has 0 unspecified atom stereocenters. The highest BCUT2D eigenvalue weighted by molar-refractivity contribution is 4.13. The summed E-state index contributed by atoms with van der Waals surface area (Å²) >= 11 is 0. The van der Waals surface area contributed by atoms with E-state index >= 15 is 0 Å². The van der Waals surface area contributed by atoms with E-state index in [4.69, 9.17) is 10.4 Å². The summed E-state index contributed by atoms with van der Waals surface area (Å²) in [5.41, 5.74) is 0. The summed E-state index contributed by atoms with van der Waals surface area (Å²) in [6, 6.07) is 0. The van der Waals surface area contributed by atoms with E-state index in [0.29, 0.717) is 6.54 Å². The molecule has 0 aromatic carbocycles. The van der Waals surface area contributed by atoms with Crippen molar-refractivity contribution in [2.45, 2.75) is 13.3 Å². The Balaban J connectivity index is 0. The van der Waals surface area contributed by atoms with Gasteiger partial charge in [-0.2, -0.15) is 10.4 Å². The second kappa shape index (κ2) is 3.80. The van der Waals surface area contributed by atoms with Gasteiger partial charge >= 0.3 is 0 Å². The lowest BCUT2D eigenvalue weighted by Gasteiger charge is -2.12. The van der Waals surface area contributed by atoms with Gasteiger partial charge in [0.2, 0.25) is 0 Å². The highest BCUT2D eigenvalue weighted by Gasteiger charge is 2.09. The molecule has 3 N–H and O–H groups in total. The van der Waals surface area contributed by atoms with Gasteiger partial charge in [0.1, 0.15) is 13.6 Å². The summed E-state index contributed by atoms with van der Waals surface area (Å²) in [6.45, 7) is 2.28. The molecule has 0 atom stereocenters. The molecular weight excluding hydrogens is 110 g/mol. The van der Waals surface area contributed by atoms with Crippen molar-refractivity contribution in [2.75, 3.05) is 13.6 Å². The molecule has 0 amide bonds. The van der Waals surface area contributed by atoms with Crippen LogP contribution in [-0.2, 0) is 0 Å². The zero-order chi connectivity index (χ0) is 5.91. The van der Waals surface area contributed by atoms with Crippen LogP contribution >= 0.6 is 0 Å². The molecule has 0 bridgehead atoms. The van der Waals surface area contributed by atoms with Gasteiger partial charge in [0.05, 0.1) is 0 Å². The molecule has 0 saturated carbocycles. The van der Waals surface area contributed by atoms with Crippen LogP contribution < -0.4 is 0 Å². The summed E-state index contributed by atoms with van der Waals surface area (Å²) in [7, 11) is 1.32. The maximum atomic E-state index is 8.51. The molecule has 0 aliphatic rings. The van der Waals surface area contributed by atoms with Gasteiger partial charge in [-0.05, 0) is 6.42 Å². The van der Waals surface area contributed by atoms with Crippen LogP contribution in [0.4, 0.5) is 0 Å². The number of rotatable bonds is 2. The van der Waals surface area contributed by atoms with E-state index in [1.807, 2.05) is 6.92 Å². The topological polar surface area (TPSA) is 70.5 Å². The lowest BCUT2D eigenvalue weighted by Crippen LogP contribution is -2.36. The van der Waals surface area contributed by atoms with Crippen LogP contribution in [-0.4, -0.2) is 34.3 Å². The number of quaternary nitrogens is 1. The van der Waals surface area contributed by atoms with Gasteiger partial charge in [-0.3, -0.25) is 0 Å². The molecular formula is C4H13NO3. The van der Waals surface area contributed by atoms with Gasteiger partial charge in [-0.15, -0.1) is 0 Å². The van der Waals surface area contributed by atoms with Crippen LogP contribution in [0.3, 0.4) is 0 Å². The first kappa shape index (κ1) is 10.8. The molecule has 0 spiro atoms. The summed E-state index contributed by atoms with van der Waals surface area (Å²) < 4.78 is 0. The third-order valence-electron chi connectivity index (χ3n) is 0.647. The molecule has 4 heteroatoms. The fourth-order valence-corrected chi connectivity index (χ4v) is 0.424. The molecule has 0 radical (unpaired) electrons. The smallest absolute Gasteiger partial charge is 0.141 e. The Morgan fingerprint density at radius 3 is 1.75 bits per heavy atom. The van der Waals surface area contributed by atoms with E-state index in [0.717, 1.165) is 6.42 Å². The van der Waals surface area contributed by atoms with Crippen LogP contribution in [0.15, 0.2) is 0 Å². The maximum Gasteiger partial charge on any atom is 0.141 e. The number of hydrogen-bond donors (Lipinski definition) is 2. The van der Waals surface area contributed by atoms with E-state index in [2.05, 4.69) is 0 Å². The fraction of sp³-hybridized carbons (Fsp3) is 1.00. The van der Waals surface area contributed by atoms with Gasteiger partial charge in [0, 0.05) is 0 Å². The van der Waals surface area contributed by atoms with E-state index in [1.165, 1.54) is 7.05 Å². The van der Waals surface area contributed by atoms with Crippen molar-refractivity contribution in [1.82, 2.24) is 0 Å². The predicted octanol–water partition coefficient (Wildman–Crippen LogP) is 0.445. The molecule has 8 heavy (non-hydrogen) atoms. The summed E-state index contributed by atoms with van der Waals surface area (Å²) in [4.78, 5) is -0.906. The van der Waals surface area contributed by atoms with Crippen LogP contribution in [0, 0.1) is 0 Å². The molecule has 0 aromatic heterocycles. The maximum absolute atomic E-state index is 8.51. The molecule has 52 valence electrons. The van der Waals surface area contributed by atoms with Crippen LogP contribution in [0.2, 0.25) is 0 Å². The molecule has 0 saturated heterocycles. The third-order valence-corrected chi connectivity index (χ3v) is 0.647. The quantitative estimate of drug-likeness (QED) is 0.413. The van der Waals surface area contributed by atoms with Crippen molar-refractivity contribution in [3.05, 3.63) is 0 Å². The van der Waals surface area contributed by atoms with Crippen molar-refractivity contribution >= 4 is 0 Å². The monoisotopic (exact) mass is 123 g/mol. The van der Waals surface area contributed by atoms with Gasteiger partial charge in [-0.1, -0.05) is 11.7 Å². The standard InChI is InChI=1S/C4H12NO2.H2O/c1-3-4-5(2,6)7;/h6-7H,3-4H2,1-2H3;1H2/q+1;/p-1. The average Bonchev–Trinajstić information content (AvgIpc) is 1.30. The normalized spacial score (nSPS) is 10.5. The number of hydrogen-bond acceptors (Lipinski definition) is 3. The molecule has 0 heterocycles. The van der Waals surface area contributed by atoms with E-state index in [9.17, 15) is 0 Å². The summed E-state index contributed by atoms with van der Waals surface area (Å²) in [5, 5.41) is 17.0. The van der Waals surface area contributed by atoms with E-state index in [-0.39, 0.29) is 5.48 Å². The number of hydroxylamine groups is 4. The van der Waals surface area contributed by atoms with Gasteiger partial charge in [0.25, 0.3) is 0 Å². The molecule has 0 aliphatic heterocycles. The van der Waals surface area contributed by atoms with Crippen LogP contribution in [0.1, 0.15) is 13.3 Å². The minimum Gasteiger partial charge on any atom is -0.870 e. The molecule has 0 aromatic rings. The molecule has 0 fully saturated rings. The lowest BCUT2D eigenvalue weighted by atomic mass is 10.5. The predicted molar refractivity (Wildman–Crippen MR) is 26.9 cm³/mol. The first-order chi connectivity index (χ1) is 3.06. The highest BCUT2D eigenvalue weighted by Crippen LogP contribution is 1.88. The minimum atomic E-state index is -0.906. The van der Waals surface area contributed by atoms with Crippen molar-refractivity contribution < 1.29 is 20.7 Å². The first-order valence-corrected chi connectivity index (χ1v) is 2.37. The van der Waals surface area contributed by atoms with Crippen molar-refractivity contribution in [3.8, 4) is 0 Å². The summed E-state index contributed by atoms with van der Waals surface area (Å²) in [5.74, 6) is 0. The Morgan fingerprint density at radius 1 is 1.38 bits per heavy atom. The van der Waals surface area contributed by atoms with Gasteiger partial charge < -0.3 is 5.48 Å². The Hall–Kier alpha value is -0.160. The Kier molecular flexibility index (Phi) is 5.10. The second-order valence-corrected chi connectivity index (χ2v) is 1.81. The van der Waals surface area contributed by atoms with E-state index in [1.54, 1.807) is 0 Å². The Bertz CT molecular complexity index is 49.7.